The second-order valence-corrected chi connectivity index (χ2v) is 5.89. The maximum Gasteiger partial charge on any atom is 0.256 e. The molecule has 0 saturated heterocycles. The molecule has 0 saturated carbocycles. The van der Waals surface area contributed by atoms with E-state index in [0.717, 1.165) is 0 Å². The molecular weight excluding hydrogens is 262 g/mol. The Balaban J connectivity index is 3.13. The molecule has 5 nitrogen and oxygen atoms in total. The number of rotatable bonds is 4. The molecule has 0 aliphatic carbocycles. The first kappa shape index (κ1) is 15.9. The molecule has 1 aromatic rings. The van der Waals surface area contributed by atoms with Gasteiger partial charge < -0.3 is 10.4 Å². The molecule has 1 atom stereocenters. The Morgan fingerprint density at radius 2 is 1.95 bits per heavy atom. The van der Waals surface area contributed by atoms with Crippen LogP contribution in [0, 0.1) is 13.8 Å². The Hall–Kier alpha value is -1.14. The summed E-state index contributed by atoms with van der Waals surface area (Å²) in [5, 5.41) is 13.1. The van der Waals surface area contributed by atoms with Gasteiger partial charge in [0.05, 0.1) is 22.9 Å². The maximum atomic E-state index is 12.4. The molecule has 6 heteroatoms. The van der Waals surface area contributed by atoms with Crippen LogP contribution in [0.2, 0.25) is 0 Å². The van der Waals surface area contributed by atoms with Crippen LogP contribution in [-0.4, -0.2) is 38.9 Å². The molecule has 0 fully saturated rings. The zero-order valence-electron chi connectivity index (χ0n) is 12.2. The highest BCUT2D eigenvalue weighted by Gasteiger charge is 2.28. The van der Waals surface area contributed by atoms with Gasteiger partial charge in [-0.1, -0.05) is 0 Å². The SMILES string of the molecule is CSc1nc(C)nc(C)c1C(=O)NC(C)(C)C(C)O. The van der Waals surface area contributed by atoms with Crippen molar-refractivity contribution in [2.75, 3.05) is 6.26 Å². The Labute approximate surface area is 118 Å². The summed E-state index contributed by atoms with van der Waals surface area (Å²) in [4.78, 5) is 20.9. The number of nitrogens with one attached hydrogen (secondary N) is 1. The highest BCUT2D eigenvalue weighted by Crippen LogP contribution is 2.21. The summed E-state index contributed by atoms with van der Waals surface area (Å²) >= 11 is 1.41. The number of carbonyl (C=O) groups excluding carboxylic acids is 1. The van der Waals surface area contributed by atoms with Gasteiger partial charge in [0.15, 0.2) is 0 Å². The number of nitrogens with zero attached hydrogens (tertiary/aromatic N) is 2. The van der Waals surface area contributed by atoms with E-state index in [4.69, 9.17) is 0 Å². The molecule has 1 rings (SSSR count). The van der Waals surface area contributed by atoms with Crippen LogP contribution < -0.4 is 5.32 Å². The fourth-order valence-corrected chi connectivity index (χ4v) is 2.22. The minimum Gasteiger partial charge on any atom is -0.391 e. The van der Waals surface area contributed by atoms with Crippen LogP contribution >= 0.6 is 11.8 Å². The Bertz CT molecular complexity index is 487. The van der Waals surface area contributed by atoms with E-state index in [1.165, 1.54) is 11.8 Å². The van der Waals surface area contributed by atoms with E-state index >= 15 is 0 Å². The average Bonchev–Trinajstić information content (AvgIpc) is 2.26. The van der Waals surface area contributed by atoms with Crippen molar-refractivity contribution in [2.24, 2.45) is 0 Å². The summed E-state index contributed by atoms with van der Waals surface area (Å²) in [6.07, 6.45) is 1.22. The van der Waals surface area contributed by atoms with Crippen molar-refractivity contribution in [3.8, 4) is 0 Å². The molecule has 0 aromatic carbocycles. The van der Waals surface area contributed by atoms with Crippen molar-refractivity contribution >= 4 is 17.7 Å². The molecule has 1 amide bonds. The second kappa shape index (κ2) is 5.88. The summed E-state index contributed by atoms with van der Waals surface area (Å²) in [5.74, 6) is 0.390. The number of hydrogen-bond donors (Lipinski definition) is 2. The Kier molecular flexibility index (Phi) is 4.92. The van der Waals surface area contributed by atoms with E-state index in [9.17, 15) is 9.90 Å². The van der Waals surface area contributed by atoms with Gasteiger partial charge in [0.25, 0.3) is 5.91 Å². The molecule has 106 valence electrons. The minimum atomic E-state index is -0.704. The molecule has 2 N–H and O–H groups in total. The van der Waals surface area contributed by atoms with Crippen LogP contribution in [0.1, 0.15) is 42.6 Å². The van der Waals surface area contributed by atoms with Gasteiger partial charge in [-0.15, -0.1) is 11.8 Å². The average molecular weight is 283 g/mol. The van der Waals surface area contributed by atoms with Crippen LogP contribution in [-0.2, 0) is 0 Å². The lowest BCUT2D eigenvalue weighted by Gasteiger charge is -2.29. The van der Waals surface area contributed by atoms with Crippen molar-refractivity contribution < 1.29 is 9.90 Å². The zero-order valence-corrected chi connectivity index (χ0v) is 13.1. The van der Waals surface area contributed by atoms with E-state index in [-0.39, 0.29) is 5.91 Å². The number of amides is 1. The normalized spacial score (nSPS) is 13.2. The number of aromatic nitrogens is 2. The highest BCUT2D eigenvalue weighted by molar-refractivity contribution is 7.98. The summed E-state index contributed by atoms with van der Waals surface area (Å²) in [7, 11) is 0. The van der Waals surface area contributed by atoms with Crippen LogP contribution in [0.15, 0.2) is 5.03 Å². The Morgan fingerprint density at radius 3 is 2.42 bits per heavy atom. The first-order chi connectivity index (χ1) is 8.69. The fraction of sp³-hybridized carbons (Fsp3) is 0.615. The minimum absolute atomic E-state index is 0.257. The number of aliphatic hydroxyl groups is 1. The van der Waals surface area contributed by atoms with Gasteiger partial charge >= 0.3 is 0 Å². The first-order valence-electron chi connectivity index (χ1n) is 6.09. The van der Waals surface area contributed by atoms with Gasteiger partial charge in [0.1, 0.15) is 10.9 Å². The lowest BCUT2D eigenvalue weighted by Crippen LogP contribution is -2.51. The monoisotopic (exact) mass is 283 g/mol. The lowest BCUT2D eigenvalue weighted by molar-refractivity contribution is 0.0705. The maximum absolute atomic E-state index is 12.4. The largest absolute Gasteiger partial charge is 0.391 e. The molecule has 0 bridgehead atoms. The van der Waals surface area contributed by atoms with Crippen molar-refractivity contribution in [3.05, 3.63) is 17.1 Å². The highest BCUT2D eigenvalue weighted by atomic mass is 32.2. The zero-order chi connectivity index (χ0) is 14.8. The van der Waals surface area contributed by atoms with Gasteiger partial charge in [-0.2, -0.15) is 0 Å². The molecule has 0 aliphatic rings. The van der Waals surface area contributed by atoms with E-state index in [2.05, 4.69) is 15.3 Å². The van der Waals surface area contributed by atoms with E-state index < -0.39 is 11.6 Å². The third-order valence-electron chi connectivity index (χ3n) is 3.07. The van der Waals surface area contributed by atoms with E-state index in [0.29, 0.717) is 22.1 Å². The van der Waals surface area contributed by atoms with Gasteiger partial charge in [0.2, 0.25) is 0 Å². The Morgan fingerprint density at radius 1 is 1.37 bits per heavy atom. The number of aliphatic hydroxyl groups excluding tert-OH is 1. The van der Waals surface area contributed by atoms with Crippen LogP contribution in [0.4, 0.5) is 0 Å². The summed E-state index contributed by atoms with van der Waals surface area (Å²) in [5.41, 5.74) is 0.423. The summed E-state index contributed by atoms with van der Waals surface area (Å²) in [6, 6.07) is 0. The van der Waals surface area contributed by atoms with Gasteiger partial charge in [-0.3, -0.25) is 4.79 Å². The van der Waals surface area contributed by atoms with Crippen LogP contribution in [0.5, 0.6) is 0 Å². The van der Waals surface area contributed by atoms with Crippen molar-refractivity contribution in [3.63, 3.8) is 0 Å². The lowest BCUT2D eigenvalue weighted by atomic mass is 9.98. The molecule has 19 heavy (non-hydrogen) atoms. The molecular formula is C13H21N3O2S. The molecule has 1 aromatic heterocycles. The van der Waals surface area contributed by atoms with Crippen molar-refractivity contribution in [2.45, 2.75) is 51.3 Å². The molecule has 1 unspecified atom stereocenters. The smallest absolute Gasteiger partial charge is 0.256 e. The molecule has 0 spiro atoms. The molecule has 0 aliphatic heterocycles. The van der Waals surface area contributed by atoms with Crippen molar-refractivity contribution in [1.29, 1.82) is 0 Å². The fourth-order valence-electron chi connectivity index (χ4n) is 1.55. The quantitative estimate of drug-likeness (QED) is 0.650. The number of carbonyl (C=O) groups is 1. The first-order valence-corrected chi connectivity index (χ1v) is 7.31. The third-order valence-corrected chi connectivity index (χ3v) is 3.75. The summed E-state index contributed by atoms with van der Waals surface area (Å²) < 4.78 is 0. The van der Waals surface area contributed by atoms with Crippen LogP contribution in [0.25, 0.3) is 0 Å². The van der Waals surface area contributed by atoms with Gasteiger partial charge in [-0.05, 0) is 40.9 Å². The molecule has 0 radical (unpaired) electrons. The number of hydrogen-bond acceptors (Lipinski definition) is 5. The molecule has 1 heterocycles. The predicted octanol–water partition coefficient (Wildman–Crippen LogP) is 1.70. The van der Waals surface area contributed by atoms with E-state index in [1.54, 1.807) is 34.6 Å². The standard InChI is InChI=1S/C13H21N3O2S/c1-7-10(12(19-6)15-9(3)14-7)11(18)16-13(4,5)8(2)17/h8,17H,1-6H3,(H,16,18). The predicted molar refractivity (Wildman–Crippen MR) is 76.5 cm³/mol. The van der Waals surface area contributed by atoms with E-state index in [1.807, 2.05) is 6.26 Å². The third kappa shape index (κ3) is 3.67. The van der Waals surface area contributed by atoms with Gasteiger partial charge in [-0.25, -0.2) is 9.97 Å². The number of aryl methyl sites for hydroxylation is 2. The van der Waals surface area contributed by atoms with Crippen LogP contribution in [0.3, 0.4) is 0 Å². The van der Waals surface area contributed by atoms with Crippen molar-refractivity contribution in [1.82, 2.24) is 15.3 Å². The summed E-state index contributed by atoms with van der Waals surface area (Å²) in [6.45, 7) is 8.79. The number of thioether (sulfide) groups is 1. The topological polar surface area (TPSA) is 75.1 Å². The van der Waals surface area contributed by atoms with Gasteiger partial charge in [0, 0.05) is 0 Å². The second-order valence-electron chi connectivity index (χ2n) is 5.09.